The Kier molecular flexibility index (Phi) is 5.32. The van der Waals surface area contributed by atoms with E-state index in [1.54, 1.807) is 32.1 Å². The standard InChI is InChI=1S/C18H15ClN2O3S2/c1-9(2)15(17(23)24)21-16(22)13(26-18(21)25)8-11-7-6-10-4-3-5-12(19)14(10)20-11/h3-9,15H,1-2H3,(H,23,24)/b13-8+/t15-/m1/s1. The summed E-state index contributed by atoms with van der Waals surface area (Å²) in [5, 5.41) is 10.9. The number of thioether (sulfide) groups is 1. The zero-order valence-corrected chi connectivity index (χ0v) is 16.4. The van der Waals surface area contributed by atoms with Crippen LogP contribution in [0.1, 0.15) is 19.5 Å². The van der Waals surface area contributed by atoms with Crippen molar-refractivity contribution < 1.29 is 14.7 Å². The Morgan fingerprint density at radius 2 is 2.08 bits per heavy atom. The third-order valence-electron chi connectivity index (χ3n) is 3.96. The van der Waals surface area contributed by atoms with Crippen molar-refractivity contribution in [2.75, 3.05) is 0 Å². The minimum absolute atomic E-state index is 0.237. The lowest BCUT2D eigenvalue weighted by atomic mass is 10.0. The van der Waals surface area contributed by atoms with Gasteiger partial charge >= 0.3 is 5.97 Å². The van der Waals surface area contributed by atoms with Crippen LogP contribution in [0.5, 0.6) is 0 Å². The maximum absolute atomic E-state index is 12.7. The van der Waals surface area contributed by atoms with E-state index in [0.29, 0.717) is 21.1 Å². The van der Waals surface area contributed by atoms with Gasteiger partial charge in [0, 0.05) is 5.39 Å². The molecule has 26 heavy (non-hydrogen) atoms. The molecule has 1 aliphatic rings. The van der Waals surface area contributed by atoms with Crippen LogP contribution in [-0.2, 0) is 9.59 Å². The van der Waals surface area contributed by atoms with Gasteiger partial charge in [0.25, 0.3) is 5.91 Å². The van der Waals surface area contributed by atoms with E-state index in [4.69, 9.17) is 23.8 Å². The fourth-order valence-corrected chi connectivity index (χ4v) is 4.29. The van der Waals surface area contributed by atoms with Crippen molar-refractivity contribution in [3.8, 4) is 0 Å². The lowest BCUT2D eigenvalue weighted by Gasteiger charge is -2.26. The maximum atomic E-state index is 12.7. The van der Waals surface area contributed by atoms with Crippen LogP contribution in [0.3, 0.4) is 0 Å². The third-order valence-corrected chi connectivity index (χ3v) is 5.59. The first-order valence-electron chi connectivity index (χ1n) is 7.84. The van der Waals surface area contributed by atoms with Gasteiger partial charge in [-0.3, -0.25) is 9.69 Å². The molecular weight excluding hydrogens is 392 g/mol. The van der Waals surface area contributed by atoms with E-state index < -0.39 is 17.9 Å². The Bertz CT molecular complexity index is 959. The van der Waals surface area contributed by atoms with Crippen LogP contribution >= 0.6 is 35.6 Å². The molecule has 2 heterocycles. The first-order valence-corrected chi connectivity index (χ1v) is 9.45. The summed E-state index contributed by atoms with van der Waals surface area (Å²) in [5.41, 5.74) is 1.20. The molecule has 0 bridgehead atoms. The second-order valence-corrected chi connectivity index (χ2v) is 8.21. The Morgan fingerprint density at radius 1 is 1.35 bits per heavy atom. The van der Waals surface area contributed by atoms with Gasteiger partial charge in [0.05, 0.1) is 21.1 Å². The number of carboxylic acid groups (broad SMARTS) is 1. The molecule has 1 N–H and O–H groups in total. The molecule has 0 saturated carbocycles. The van der Waals surface area contributed by atoms with Crippen LogP contribution in [-0.4, -0.2) is 37.2 Å². The normalized spacial score (nSPS) is 17.5. The molecule has 1 aromatic heterocycles. The van der Waals surface area contributed by atoms with Gasteiger partial charge < -0.3 is 5.11 Å². The average molecular weight is 407 g/mol. The number of benzene rings is 1. The summed E-state index contributed by atoms with van der Waals surface area (Å²) in [4.78, 5) is 30.3. The van der Waals surface area contributed by atoms with E-state index in [1.807, 2.05) is 18.2 Å². The van der Waals surface area contributed by atoms with E-state index in [-0.39, 0.29) is 10.2 Å². The third kappa shape index (κ3) is 3.47. The molecule has 1 atom stereocenters. The number of pyridine rings is 1. The van der Waals surface area contributed by atoms with Gasteiger partial charge in [-0.15, -0.1) is 0 Å². The number of hydrogen-bond donors (Lipinski definition) is 1. The van der Waals surface area contributed by atoms with E-state index in [1.165, 1.54) is 4.90 Å². The van der Waals surface area contributed by atoms with Gasteiger partial charge in [0.1, 0.15) is 10.4 Å². The highest BCUT2D eigenvalue weighted by molar-refractivity contribution is 8.26. The summed E-state index contributed by atoms with van der Waals surface area (Å²) in [5.74, 6) is -1.76. The summed E-state index contributed by atoms with van der Waals surface area (Å²) in [7, 11) is 0. The van der Waals surface area contributed by atoms with Crippen molar-refractivity contribution >= 4 is 68.8 Å². The van der Waals surface area contributed by atoms with Gasteiger partial charge in [-0.2, -0.15) is 0 Å². The highest BCUT2D eigenvalue weighted by atomic mass is 35.5. The van der Waals surface area contributed by atoms with E-state index >= 15 is 0 Å². The highest BCUT2D eigenvalue weighted by Gasteiger charge is 2.41. The first kappa shape index (κ1) is 18.8. The number of rotatable bonds is 4. The number of carboxylic acids is 1. The Hall–Kier alpha value is -1.96. The molecule has 0 aliphatic carbocycles. The van der Waals surface area contributed by atoms with E-state index in [9.17, 15) is 14.7 Å². The molecule has 0 spiro atoms. The molecule has 134 valence electrons. The Balaban J connectivity index is 1.98. The molecule has 1 aliphatic heterocycles. The second kappa shape index (κ2) is 7.34. The lowest BCUT2D eigenvalue weighted by Crippen LogP contribution is -2.47. The fraction of sp³-hybridized carbons (Fsp3) is 0.222. The van der Waals surface area contributed by atoms with E-state index in [0.717, 1.165) is 17.1 Å². The summed E-state index contributed by atoms with van der Waals surface area (Å²) in [6.45, 7) is 3.49. The van der Waals surface area contributed by atoms with Crippen molar-refractivity contribution in [1.82, 2.24) is 9.88 Å². The summed E-state index contributed by atoms with van der Waals surface area (Å²) in [6, 6.07) is 8.15. The Morgan fingerprint density at radius 3 is 2.73 bits per heavy atom. The SMILES string of the molecule is CC(C)[C@H](C(=O)O)N1C(=O)/C(=C\c2ccc3cccc(Cl)c3n2)SC1=S. The number of aliphatic carboxylic acids is 1. The molecule has 8 heteroatoms. The minimum atomic E-state index is -1.08. The van der Waals surface area contributed by atoms with Gasteiger partial charge in [-0.1, -0.05) is 67.6 Å². The van der Waals surface area contributed by atoms with Crippen molar-refractivity contribution in [2.24, 2.45) is 5.92 Å². The van der Waals surface area contributed by atoms with Crippen molar-refractivity contribution in [3.05, 3.63) is 46.0 Å². The zero-order chi connectivity index (χ0) is 19.0. The van der Waals surface area contributed by atoms with Crippen LogP contribution in [0, 0.1) is 5.92 Å². The number of carbonyl (C=O) groups excluding carboxylic acids is 1. The topological polar surface area (TPSA) is 70.5 Å². The quantitative estimate of drug-likeness (QED) is 0.606. The summed E-state index contributed by atoms with van der Waals surface area (Å²) >= 11 is 12.5. The number of amides is 1. The number of para-hydroxylation sites is 1. The van der Waals surface area contributed by atoms with Gasteiger partial charge in [0.15, 0.2) is 0 Å². The number of aromatic nitrogens is 1. The zero-order valence-electron chi connectivity index (χ0n) is 14.0. The number of fused-ring (bicyclic) bond motifs is 1. The fourth-order valence-electron chi connectivity index (χ4n) is 2.75. The predicted octanol–water partition coefficient (Wildman–Crippen LogP) is 4.20. The number of halogens is 1. The molecular formula is C18H15ClN2O3S2. The number of hydrogen-bond acceptors (Lipinski definition) is 5. The summed E-state index contributed by atoms with van der Waals surface area (Å²) < 4.78 is 0.237. The van der Waals surface area contributed by atoms with E-state index in [2.05, 4.69) is 4.98 Å². The Labute approximate surface area is 165 Å². The molecule has 0 radical (unpaired) electrons. The number of carbonyl (C=O) groups is 2. The molecule has 1 amide bonds. The van der Waals surface area contributed by atoms with Crippen LogP contribution in [0.4, 0.5) is 0 Å². The molecule has 0 unspecified atom stereocenters. The van der Waals surface area contributed by atoms with Crippen molar-refractivity contribution in [2.45, 2.75) is 19.9 Å². The van der Waals surface area contributed by atoms with Crippen LogP contribution in [0.2, 0.25) is 5.02 Å². The largest absolute Gasteiger partial charge is 0.480 e. The van der Waals surface area contributed by atoms with Crippen LogP contribution < -0.4 is 0 Å². The monoisotopic (exact) mass is 406 g/mol. The van der Waals surface area contributed by atoms with Gasteiger partial charge in [-0.25, -0.2) is 9.78 Å². The minimum Gasteiger partial charge on any atom is -0.480 e. The molecule has 2 aromatic rings. The van der Waals surface area contributed by atoms with Crippen LogP contribution in [0.25, 0.3) is 17.0 Å². The average Bonchev–Trinajstić information content (AvgIpc) is 2.83. The number of nitrogens with zero attached hydrogens (tertiary/aromatic N) is 2. The maximum Gasteiger partial charge on any atom is 0.327 e. The molecule has 1 fully saturated rings. The number of thiocarbonyl (C=S) groups is 1. The molecule has 3 rings (SSSR count). The molecule has 5 nitrogen and oxygen atoms in total. The van der Waals surface area contributed by atoms with Crippen molar-refractivity contribution in [3.63, 3.8) is 0 Å². The van der Waals surface area contributed by atoms with Crippen molar-refractivity contribution in [1.29, 1.82) is 0 Å². The predicted molar refractivity (Wildman–Crippen MR) is 108 cm³/mol. The summed E-state index contributed by atoms with van der Waals surface area (Å²) in [6.07, 6.45) is 1.61. The van der Waals surface area contributed by atoms with Gasteiger partial charge in [0.2, 0.25) is 0 Å². The van der Waals surface area contributed by atoms with Crippen LogP contribution in [0.15, 0.2) is 35.2 Å². The van der Waals surface area contributed by atoms with Gasteiger partial charge in [-0.05, 0) is 24.1 Å². The molecule has 1 aromatic carbocycles. The lowest BCUT2D eigenvalue weighted by molar-refractivity contribution is -0.146. The molecule has 1 saturated heterocycles. The smallest absolute Gasteiger partial charge is 0.327 e. The second-order valence-electron chi connectivity index (χ2n) is 6.13. The highest BCUT2D eigenvalue weighted by Crippen LogP contribution is 2.35. The first-order chi connectivity index (χ1) is 12.3.